The molecule has 0 spiro atoms. The van der Waals surface area contributed by atoms with Gasteiger partial charge in [-0.25, -0.2) is 0 Å². The third kappa shape index (κ3) is 1.48. The maximum absolute atomic E-state index is 10.8. The van der Waals surface area contributed by atoms with E-state index < -0.39 is 0 Å². The Hall–Kier alpha value is -0.830. The molecule has 3 heteroatoms. The summed E-state index contributed by atoms with van der Waals surface area (Å²) in [6.07, 6.45) is 0.821. The molecule has 1 N–H and O–H groups in total. The Bertz CT molecular complexity index is 341. The highest BCUT2D eigenvalue weighted by molar-refractivity contribution is 9.10. The minimum Gasteiger partial charge on any atom is -0.506 e. The second-order valence-corrected chi connectivity index (χ2v) is 3.86. The minimum atomic E-state index is 0.223. The van der Waals surface area contributed by atoms with Gasteiger partial charge in [-0.1, -0.05) is 0 Å². The Morgan fingerprint density at radius 1 is 1.15 bits per heavy atom. The van der Waals surface area contributed by atoms with Crippen LogP contribution in [-0.2, 0) is 0 Å². The lowest BCUT2D eigenvalue weighted by Gasteiger charge is -2.11. The van der Waals surface area contributed by atoms with Gasteiger partial charge in [0.15, 0.2) is 6.29 Å². The van der Waals surface area contributed by atoms with Crippen LogP contribution in [-0.4, -0.2) is 11.4 Å². The molecule has 0 atom stereocenters. The summed E-state index contributed by atoms with van der Waals surface area (Å²) in [6.45, 7) is 5.43. The SMILES string of the molecule is Cc1c(C)c(C=O)c(C)c(Br)c1O. The fourth-order valence-electron chi connectivity index (χ4n) is 1.30. The molecule has 0 unspecified atom stereocenters. The van der Waals surface area contributed by atoms with Crippen molar-refractivity contribution in [2.45, 2.75) is 20.8 Å². The van der Waals surface area contributed by atoms with Gasteiger partial charge < -0.3 is 5.11 Å². The first kappa shape index (κ1) is 10.3. The summed E-state index contributed by atoms with van der Waals surface area (Å²) in [7, 11) is 0. The van der Waals surface area contributed by atoms with E-state index in [1.165, 1.54) is 0 Å². The Balaban J connectivity index is 3.66. The zero-order chi connectivity index (χ0) is 10.2. The van der Waals surface area contributed by atoms with E-state index in [0.29, 0.717) is 10.0 Å². The molecule has 0 heterocycles. The molecule has 0 aliphatic rings. The highest BCUT2D eigenvalue weighted by atomic mass is 79.9. The molecule has 0 aliphatic heterocycles. The van der Waals surface area contributed by atoms with Gasteiger partial charge in [0.1, 0.15) is 5.75 Å². The van der Waals surface area contributed by atoms with E-state index in [1.54, 1.807) is 13.8 Å². The highest BCUT2D eigenvalue weighted by Gasteiger charge is 2.13. The molecule has 0 fully saturated rings. The van der Waals surface area contributed by atoms with Crippen molar-refractivity contribution in [3.05, 3.63) is 26.7 Å². The summed E-state index contributed by atoms with van der Waals surface area (Å²) >= 11 is 3.25. The van der Waals surface area contributed by atoms with Crippen molar-refractivity contribution in [1.29, 1.82) is 0 Å². The van der Waals surface area contributed by atoms with Gasteiger partial charge in [0, 0.05) is 5.56 Å². The van der Waals surface area contributed by atoms with Crippen LogP contribution in [0.15, 0.2) is 4.47 Å². The van der Waals surface area contributed by atoms with Gasteiger partial charge in [-0.3, -0.25) is 4.79 Å². The van der Waals surface area contributed by atoms with Crippen molar-refractivity contribution >= 4 is 22.2 Å². The van der Waals surface area contributed by atoms with Gasteiger partial charge >= 0.3 is 0 Å². The zero-order valence-electron chi connectivity index (χ0n) is 7.81. The van der Waals surface area contributed by atoms with Gasteiger partial charge in [0.05, 0.1) is 4.47 Å². The first-order valence-corrected chi connectivity index (χ1v) is 4.73. The summed E-state index contributed by atoms with van der Waals surface area (Å²) in [6, 6.07) is 0. The molecule has 1 rings (SSSR count). The monoisotopic (exact) mass is 242 g/mol. The second-order valence-electron chi connectivity index (χ2n) is 3.07. The summed E-state index contributed by atoms with van der Waals surface area (Å²) in [5.41, 5.74) is 3.03. The van der Waals surface area contributed by atoms with Crippen LogP contribution in [0.1, 0.15) is 27.0 Å². The van der Waals surface area contributed by atoms with Crippen molar-refractivity contribution < 1.29 is 9.90 Å². The number of rotatable bonds is 1. The van der Waals surface area contributed by atoms with Crippen LogP contribution >= 0.6 is 15.9 Å². The number of aromatic hydroxyl groups is 1. The number of halogens is 1. The zero-order valence-corrected chi connectivity index (χ0v) is 9.40. The maximum atomic E-state index is 10.8. The van der Waals surface area contributed by atoms with Crippen molar-refractivity contribution in [2.75, 3.05) is 0 Å². The van der Waals surface area contributed by atoms with Crippen molar-refractivity contribution in [3.63, 3.8) is 0 Å². The summed E-state index contributed by atoms with van der Waals surface area (Å²) in [5, 5.41) is 9.63. The standard InChI is InChI=1S/C10H11BrO2/c1-5-6(2)10(13)9(11)7(3)8(5)4-12/h4,13H,1-3H3. The molecule has 1 aromatic rings. The number of hydrogen-bond donors (Lipinski definition) is 1. The Labute approximate surface area is 85.7 Å². The quantitative estimate of drug-likeness (QED) is 0.770. The van der Waals surface area contributed by atoms with E-state index in [9.17, 15) is 9.90 Å². The van der Waals surface area contributed by atoms with E-state index in [4.69, 9.17) is 0 Å². The fraction of sp³-hybridized carbons (Fsp3) is 0.300. The summed E-state index contributed by atoms with van der Waals surface area (Å²) in [4.78, 5) is 10.8. The summed E-state index contributed by atoms with van der Waals surface area (Å²) < 4.78 is 0.609. The number of benzene rings is 1. The molecule has 0 aromatic heterocycles. The lowest BCUT2D eigenvalue weighted by molar-refractivity contribution is 0.112. The Morgan fingerprint density at radius 2 is 1.69 bits per heavy atom. The number of phenols is 1. The van der Waals surface area contributed by atoms with Crippen LogP contribution in [0.5, 0.6) is 5.75 Å². The molecule has 1 aromatic carbocycles. The van der Waals surface area contributed by atoms with Gasteiger partial charge in [0.25, 0.3) is 0 Å². The predicted octanol–water partition coefficient (Wildman–Crippen LogP) is 2.89. The second kappa shape index (κ2) is 3.50. The number of hydrogen-bond acceptors (Lipinski definition) is 2. The van der Waals surface area contributed by atoms with Crippen LogP contribution in [0.4, 0.5) is 0 Å². The Morgan fingerprint density at radius 3 is 2.15 bits per heavy atom. The average molecular weight is 243 g/mol. The molecule has 0 bridgehead atoms. The van der Waals surface area contributed by atoms with E-state index >= 15 is 0 Å². The number of phenolic OH excluding ortho intramolecular Hbond substituents is 1. The van der Waals surface area contributed by atoms with E-state index in [0.717, 1.165) is 23.0 Å². The third-order valence-corrected chi connectivity index (χ3v) is 3.35. The normalized spacial score (nSPS) is 10.2. The molecule has 0 saturated carbocycles. The van der Waals surface area contributed by atoms with Crippen LogP contribution in [0.2, 0.25) is 0 Å². The highest BCUT2D eigenvalue weighted by Crippen LogP contribution is 2.35. The molecule has 13 heavy (non-hydrogen) atoms. The molecule has 0 radical (unpaired) electrons. The van der Waals surface area contributed by atoms with Crippen molar-refractivity contribution in [1.82, 2.24) is 0 Å². The van der Waals surface area contributed by atoms with Crippen molar-refractivity contribution in [3.8, 4) is 5.75 Å². The molecular weight excluding hydrogens is 232 g/mol. The third-order valence-electron chi connectivity index (χ3n) is 2.38. The largest absolute Gasteiger partial charge is 0.506 e. The van der Waals surface area contributed by atoms with Gasteiger partial charge in [0.2, 0.25) is 0 Å². The molecule has 0 amide bonds. The van der Waals surface area contributed by atoms with Crippen LogP contribution in [0, 0.1) is 20.8 Å². The van der Waals surface area contributed by atoms with E-state index in [1.807, 2.05) is 6.92 Å². The van der Waals surface area contributed by atoms with Gasteiger partial charge in [-0.2, -0.15) is 0 Å². The van der Waals surface area contributed by atoms with E-state index in [2.05, 4.69) is 15.9 Å². The van der Waals surface area contributed by atoms with Crippen LogP contribution in [0.3, 0.4) is 0 Å². The average Bonchev–Trinajstić information content (AvgIpc) is 2.13. The number of carbonyl (C=O) groups excluding carboxylic acids is 1. The molecule has 2 nitrogen and oxygen atoms in total. The minimum absolute atomic E-state index is 0.223. The lowest BCUT2D eigenvalue weighted by atomic mass is 9.98. The number of aldehydes is 1. The maximum Gasteiger partial charge on any atom is 0.150 e. The molecule has 70 valence electrons. The van der Waals surface area contributed by atoms with Gasteiger partial charge in [-0.05, 0) is 53.4 Å². The smallest absolute Gasteiger partial charge is 0.150 e. The summed E-state index contributed by atoms with van der Waals surface area (Å²) in [5.74, 6) is 0.223. The molecular formula is C10H11BrO2. The van der Waals surface area contributed by atoms with Crippen molar-refractivity contribution in [2.24, 2.45) is 0 Å². The van der Waals surface area contributed by atoms with Gasteiger partial charge in [-0.15, -0.1) is 0 Å². The topological polar surface area (TPSA) is 37.3 Å². The first-order chi connectivity index (χ1) is 6.00. The molecule has 0 aliphatic carbocycles. The van der Waals surface area contributed by atoms with Crippen LogP contribution < -0.4 is 0 Å². The fourth-order valence-corrected chi connectivity index (χ4v) is 1.81. The lowest BCUT2D eigenvalue weighted by Crippen LogP contribution is -1.96. The number of carbonyl (C=O) groups is 1. The van der Waals surface area contributed by atoms with Crippen LogP contribution in [0.25, 0.3) is 0 Å². The Kier molecular flexibility index (Phi) is 2.76. The predicted molar refractivity (Wildman–Crippen MR) is 55.4 cm³/mol. The first-order valence-electron chi connectivity index (χ1n) is 3.94. The van der Waals surface area contributed by atoms with E-state index in [-0.39, 0.29) is 5.75 Å². The molecule has 0 saturated heterocycles.